The van der Waals surface area contributed by atoms with E-state index in [1.54, 1.807) is 46.2 Å². The molecule has 0 amide bonds. The quantitative estimate of drug-likeness (QED) is 0.202. The average Bonchev–Trinajstić information content (AvgIpc) is 2.75. The number of guanidine groups is 1. The Morgan fingerprint density at radius 3 is 2.27 bits per heavy atom. The summed E-state index contributed by atoms with van der Waals surface area (Å²) >= 11 is 1.67. The van der Waals surface area contributed by atoms with Gasteiger partial charge in [0.25, 0.3) is 0 Å². The molecule has 0 heterocycles. The monoisotopic (exact) mass is 549 g/mol. The molecule has 2 rings (SSSR count). The molecule has 2 aromatic rings. The summed E-state index contributed by atoms with van der Waals surface area (Å²) in [5.74, 6) is 3.78. The van der Waals surface area contributed by atoms with E-state index in [0.717, 1.165) is 16.9 Å². The Hall–Kier alpha value is -1.88. The van der Waals surface area contributed by atoms with E-state index in [0.29, 0.717) is 42.1 Å². The van der Waals surface area contributed by atoms with E-state index in [1.165, 1.54) is 6.07 Å². The Balaban J connectivity index is 0.00000450. The second-order valence-electron chi connectivity index (χ2n) is 6.03. The van der Waals surface area contributed by atoms with Gasteiger partial charge in [0.05, 0.1) is 21.3 Å². The van der Waals surface area contributed by atoms with Crippen LogP contribution < -0.4 is 24.8 Å². The van der Waals surface area contributed by atoms with Gasteiger partial charge in [-0.05, 0) is 29.3 Å². The number of benzene rings is 2. The minimum absolute atomic E-state index is 0. The van der Waals surface area contributed by atoms with Crippen LogP contribution in [0.5, 0.6) is 17.2 Å². The number of rotatable bonds is 10. The summed E-state index contributed by atoms with van der Waals surface area (Å²) in [7, 11) is 6.48. The Bertz CT molecular complexity index is 799. The maximum Gasteiger partial charge on any atom is 0.203 e. The Kier molecular flexibility index (Phi) is 12.4. The van der Waals surface area contributed by atoms with Crippen LogP contribution in [0.3, 0.4) is 0 Å². The van der Waals surface area contributed by atoms with Crippen LogP contribution in [0.15, 0.2) is 41.4 Å². The molecule has 0 unspecified atom stereocenters. The predicted octanol–water partition coefficient (Wildman–Crippen LogP) is 4.07. The molecule has 0 atom stereocenters. The van der Waals surface area contributed by atoms with Gasteiger partial charge in [-0.15, -0.1) is 24.0 Å². The maximum absolute atomic E-state index is 13.6. The van der Waals surface area contributed by atoms with Crippen molar-refractivity contribution in [2.24, 2.45) is 4.99 Å². The third kappa shape index (κ3) is 7.75. The molecular weight excluding hydrogens is 520 g/mol. The molecule has 0 aliphatic heterocycles. The van der Waals surface area contributed by atoms with Crippen molar-refractivity contribution in [1.29, 1.82) is 0 Å². The van der Waals surface area contributed by atoms with Crippen LogP contribution in [-0.2, 0) is 12.3 Å². The number of hydrogen-bond acceptors (Lipinski definition) is 5. The lowest BCUT2D eigenvalue weighted by Gasteiger charge is -2.16. The van der Waals surface area contributed by atoms with Crippen LogP contribution in [0.4, 0.5) is 4.39 Å². The molecule has 0 fully saturated rings. The molecule has 0 bridgehead atoms. The van der Waals surface area contributed by atoms with E-state index in [4.69, 9.17) is 14.2 Å². The Morgan fingerprint density at radius 1 is 1.03 bits per heavy atom. The summed E-state index contributed by atoms with van der Waals surface area (Å²) in [6.07, 6.45) is 0. The lowest BCUT2D eigenvalue weighted by Crippen LogP contribution is -2.37. The number of ether oxygens (including phenoxy) is 3. The van der Waals surface area contributed by atoms with E-state index in [1.807, 2.05) is 24.3 Å². The van der Waals surface area contributed by atoms with Gasteiger partial charge in [0.1, 0.15) is 5.82 Å². The van der Waals surface area contributed by atoms with Crippen molar-refractivity contribution in [3.8, 4) is 17.2 Å². The molecule has 9 heteroatoms. The number of methoxy groups -OCH3 is 3. The van der Waals surface area contributed by atoms with Crippen LogP contribution >= 0.6 is 35.7 Å². The third-order valence-electron chi connectivity index (χ3n) is 4.16. The number of thioether (sulfide) groups is 1. The van der Waals surface area contributed by atoms with Crippen molar-refractivity contribution in [3.05, 3.63) is 53.3 Å². The van der Waals surface area contributed by atoms with Crippen molar-refractivity contribution < 1.29 is 18.6 Å². The maximum atomic E-state index is 13.6. The van der Waals surface area contributed by atoms with Crippen LogP contribution in [0.25, 0.3) is 0 Å². The fourth-order valence-electron chi connectivity index (χ4n) is 2.68. The first-order valence-electron chi connectivity index (χ1n) is 9.17. The molecule has 0 aliphatic carbocycles. The van der Waals surface area contributed by atoms with Gasteiger partial charge in [0.2, 0.25) is 5.75 Å². The van der Waals surface area contributed by atoms with Crippen LogP contribution in [-0.4, -0.2) is 46.6 Å². The molecule has 2 aromatic carbocycles. The SMILES string of the molecule is CN=C(NCCSCc1ccccc1F)NCc1cc(OC)c(OC)c(OC)c1.I. The molecule has 0 saturated heterocycles. The topological polar surface area (TPSA) is 64.1 Å². The van der Waals surface area contributed by atoms with Crippen molar-refractivity contribution in [2.75, 3.05) is 40.7 Å². The van der Waals surface area contributed by atoms with Gasteiger partial charge >= 0.3 is 0 Å². The van der Waals surface area contributed by atoms with Gasteiger partial charge in [0.15, 0.2) is 17.5 Å². The first-order chi connectivity index (χ1) is 14.1. The number of aliphatic imine (C=N–C) groups is 1. The second-order valence-corrected chi connectivity index (χ2v) is 7.14. The molecule has 0 spiro atoms. The van der Waals surface area contributed by atoms with Crippen LogP contribution in [0.1, 0.15) is 11.1 Å². The molecule has 166 valence electrons. The number of nitrogens with one attached hydrogen (secondary N) is 2. The van der Waals surface area contributed by atoms with Crippen molar-refractivity contribution in [2.45, 2.75) is 12.3 Å². The van der Waals surface area contributed by atoms with Gasteiger partial charge in [-0.2, -0.15) is 11.8 Å². The smallest absolute Gasteiger partial charge is 0.203 e. The summed E-state index contributed by atoms with van der Waals surface area (Å²) in [6.45, 7) is 1.26. The molecule has 0 saturated carbocycles. The minimum Gasteiger partial charge on any atom is -0.493 e. The normalized spacial score (nSPS) is 10.8. The van der Waals surface area contributed by atoms with E-state index in [9.17, 15) is 4.39 Å². The van der Waals surface area contributed by atoms with E-state index in [-0.39, 0.29) is 29.8 Å². The molecular formula is C21H29FIN3O3S. The van der Waals surface area contributed by atoms with Crippen LogP contribution in [0, 0.1) is 5.82 Å². The third-order valence-corrected chi connectivity index (χ3v) is 5.17. The Labute approximate surface area is 199 Å². The summed E-state index contributed by atoms with van der Waals surface area (Å²) in [5.41, 5.74) is 1.69. The summed E-state index contributed by atoms with van der Waals surface area (Å²) in [6, 6.07) is 10.6. The van der Waals surface area contributed by atoms with Crippen molar-refractivity contribution >= 4 is 41.7 Å². The standard InChI is InChI=1S/C21H28FN3O3S.HI/c1-23-21(24-9-10-29-14-16-7-5-6-8-17(16)22)25-13-15-11-18(26-2)20(28-4)19(12-15)27-3;/h5-8,11-12H,9-10,13-14H2,1-4H3,(H2,23,24,25);1H. The van der Waals surface area contributed by atoms with E-state index < -0.39 is 0 Å². The summed E-state index contributed by atoms with van der Waals surface area (Å²) < 4.78 is 29.7. The molecule has 0 radical (unpaired) electrons. The summed E-state index contributed by atoms with van der Waals surface area (Å²) in [4.78, 5) is 4.23. The first-order valence-corrected chi connectivity index (χ1v) is 10.3. The molecule has 6 nitrogen and oxygen atoms in total. The van der Waals surface area contributed by atoms with Gasteiger partial charge in [-0.3, -0.25) is 4.99 Å². The van der Waals surface area contributed by atoms with Gasteiger partial charge in [-0.1, -0.05) is 18.2 Å². The zero-order chi connectivity index (χ0) is 21.1. The fourth-order valence-corrected chi connectivity index (χ4v) is 3.53. The van der Waals surface area contributed by atoms with Crippen molar-refractivity contribution in [3.63, 3.8) is 0 Å². The molecule has 30 heavy (non-hydrogen) atoms. The van der Waals surface area contributed by atoms with Gasteiger partial charge in [0, 0.05) is 31.6 Å². The zero-order valence-corrected chi connectivity index (χ0v) is 20.8. The molecule has 0 aromatic heterocycles. The molecule has 2 N–H and O–H groups in total. The van der Waals surface area contributed by atoms with E-state index >= 15 is 0 Å². The second kappa shape index (κ2) is 14.2. The van der Waals surface area contributed by atoms with Gasteiger partial charge < -0.3 is 24.8 Å². The minimum atomic E-state index is -0.157. The fraction of sp³-hybridized carbons (Fsp3) is 0.381. The average molecular weight is 549 g/mol. The molecule has 0 aliphatic rings. The first kappa shape index (κ1) is 26.2. The van der Waals surface area contributed by atoms with Gasteiger partial charge in [-0.25, -0.2) is 4.39 Å². The number of nitrogens with zero attached hydrogens (tertiary/aromatic N) is 1. The van der Waals surface area contributed by atoms with Crippen LogP contribution in [0.2, 0.25) is 0 Å². The highest BCUT2D eigenvalue weighted by molar-refractivity contribution is 14.0. The predicted molar refractivity (Wildman–Crippen MR) is 132 cm³/mol. The summed E-state index contributed by atoms with van der Waals surface area (Å²) in [5, 5.41) is 6.52. The highest BCUT2D eigenvalue weighted by Gasteiger charge is 2.13. The number of hydrogen-bond donors (Lipinski definition) is 2. The Morgan fingerprint density at radius 2 is 1.70 bits per heavy atom. The van der Waals surface area contributed by atoms with E-state index in [2.05, 4.69) is 15.6 Å². The lowest BCUT2D eigenvalue weighted by atomic mass is 10.2. The highest BCUT2D eigenvalue weighted by Crippen LogP contribution is 2.38. The number of halogens is 2. The largest absolute Gasteiger partial charge is 0.493 e. The highest BCUT2D eigenvalue weighted by atomic mass is 127. The zero-order valence-electron chi connectivity index (χ0n) is 17.7. The lowest BCUT2D eigenvalue weighted by molar-refractivity contribution is 0.323. The van der Waals surface area contributed by atoms with Crippen molar-refractivity contribution in [1.82, 2.24) is 10.6 Å².